The number of nitrogens with one attached hydrogen (secondary N) is 2. The minimum absolute atomic E-state index is 0.335. The number of pyridine rings is 1. The molecule has 7 heteroatoms. The molecule has 0 bridgehead atoms. The normalized spacial score (nSPS) is 10.2. The first kappa shape index (κ1) is 17.4. The molecule has 0 saturated carbocycles. The second-order valence-electron chi connectivity index (χ2n) is 4.79. The third-order valence-electron chi connectivity index (χ3n) is 2.89. The Kier molecular flexibility index (Phi) is 6.50. The fraction of sp³-hybridized carbons (Fsp3) is 0.250. The molecule has 1 aromatic carbocycles. The molecule has 122 valence electrons. The van der Waals surface area contributed by atoms with Gasteiger partial charge in [0, 0.05) is 18.4 Å². The van der Waals surface area contributed by atoms with Gasteiger partial charge in [-0.3, -0.25) is 0 Å². The van der Waals surface area contributed by atoms with Crippen molar-refractivity contribution >= 4 is 34.9 Å². The lowest BCUT2D eigenvalue weighted by Crippen LogP contribution is -2.28. The molecule has 0 radical (unpaired) electrons. The number of hydrogen-bond acceptors (Lipinski definition) is 3. The molecule has 0 spiro atoms. The molecule has 0 saturated heterocycles. The van der Waals surface area contributed by atoms with Gasteiger partial charge in [0.2, 0.25) is 0 Å². The topological polar surface area (TPSA) is 63.2 Å². The van der Waals surface area contributed by atoms with Crippen molar-refractivity contribution in [2.45, 2.75) is 19.9 Å². The Morgan fingerprint density at radius 1 is 1.26 bits per heavy atom. The Labute approximate surface area is 145 Å². The van der Waals surface area contributed by atoms with Crippen molar-refractivity contribution in [1.29, 1.82) is 0 Å². The van der Waals surface area contributed by atoms with Crippen LogP contribution in [0.5, 0.6) is 5.75 Å². The van der Waals surface area contributed by atoms with Gasteiger partial charge in [0.25, 0.3) is 0 Å². The molecule has 0 aliphatic carbocycles. The number of benzene rings is 1. The molecule has 5 nitrogen and oxygen atoms in total. The zero-order valence-corrected chi connectivity index (χ0v) is 14.1. The number of halogens is 2. The molecule has 1 heterocycles. The van der Waals surface area contributed by atoms with Gasteiger partial charge in [-0.05, 0) is 36.2 Å². The smallest absolute Gasteiger partial charge is 0.319 e. The molecule has 0 atom stereocenters. The maximum Gasteiger partial charge on any atom is 0.319 e. The maximum atomic E-state index is 11.9. The highest BCUT2D eigenvalue weighted by Crippen LogP contribution is 2.27. The van der Waals surface area contributed by atoms with Crippen molar-refractivity contribution in [3.8, 4) is 5.75 Å². The standard InChI is InChI=1S/C16H17Cl2N3O2/c1-2-7-23-14-5-4-12(8-13(14)17)21-16(22)20-10-11-3-6-15(18)19-9-11/h3-6,8-9H,2,7,10H2,1H3,(H2,20,21,22). The Balaban J connectivity index is 1.87. The van der Waals surface area contributed by atoms with Gasteiger partial charge in [0.15, 0.2) is 0 Å². The molecule has 2 N–H and O–H groups in total. The zero-order chi connectivity index (χ0) is 16.7. The predicted octanol–water partition coefficient (Wildman–Crippen LogP) is 4.50. The summed E-state index contributed by atoms with van der Waals surface area (Å²) in [5, 5.41) is 6.31. The van der Waals surface area contributed by atoms with Crippen LogP contribution >= 0.6 is 23.2 Å². The van der Waals surface area contributed by atoms with Crippen LogP contribution in [0.1, 0.15) is 18.9 Å². The van der Waals surface area contributed by atoms with E-state index in [9.17, 15) is 4.79 Å². The number of nitrogens with zero attached hydrogens (tertiary/aromatic N) is 1. The van der Waals surface area contributed by atoms with Crippen LogP contribution in [0.4, 0.5) is 10.5 Å². The summed E-state index contributed by atoms with van der Waals surface area (Å²) in [4.78, 5) is 15.8. The average Bonchev–Trinajstić information content (AvgIpc) is 2.53. The van der Waals surface area contributed by atoms with Crippen LogP contribution in [0.25, 0.3) is 0 Å². The van der Waals surface area contributed by atoms with Gasteiger partial charge in [0.05, 0.1) is 11.6 Å². The van der Waals surface area contributed by atoms with Crippen molar-refractivity contribution in [2.24, 2.45) is 0 Å². The average molecular weight is 354 g/mol. The van der Waals surface area contributed by atoms with Gasteiger partial charge >= 0.3 is 6.03 Å². The molecule has 2 amide bonds. The highest BCUT2D eigenvalue weighted by Gasteiger charge is 2.06. The fourth-order valence-corrected chi connectivity index (χ4v) is 2.12. The summed E-state index contributed by atoms with van der Waals surface area (Å²) in [6.07, 6.45) is 2.51. The van der Waals surface area contributed by atoms with E-state index in [1.54, 1.807) is 36.5 Å². The van der Waals surface area contributed by atoms with Crippen molar-refractivity contribution < 1.29 is 9.53 Å². The summed E-state index contributed by atoms with van der Waals surface area (Å²) in [7, 11) is 0. The third-order valence-corrected chi connectivity index (χ3v) is 3.41. The first-order valence-electron chi connectivity index (χ1n) is 7.16. The summed E-state index contributed by atoms with van der Waals surface area (Å²) >= 11 is 11.8. The van der Waals surface area contributed by atoms with E-state index in [1.165, 1.54) is 0 Å². The van der Waals surface area contributed by atoms with E-state index in [4.69, 9.17) is 27.9 Å². The van der Waals surface area contributed by atoms with Gasteiger partial charge < -0.3 is 15.4 Å². The molecule has 2 rings (SSSR count). The first-order chi connectivity index (χ1) is 11.1. The van der Waals surface area contributed by atoms with E-state index in [0.29, 0.717) is 34.8 Å². The maximum absolute atomic E-state index is 11.9. The van der Waals surface area contributed by atoms with Gasteiger partial charge in [-0.15, -0.1) is 0 Å². The highest BCUT2D eigenvalue weighted by molar-refractivity contribution is 6.32. The van der Waals surface area contributed by atoms with Crippen LogP contribution < -0.4 is 15.4 Å². The predicted molar refractivity (Wildman–Crippen MR) is 92.3 cm³/mol. The second-order valence-corrected chi connectivity index (χ2v) is 5.58. The van der Waals surface area contributed by atoms with Crippen LogP contribution in [0.15, 0.2) is 36.5 Å². The number of hydrogen-bond donors (Lipinski definition) is 2. The molecule has 0 fully saturated rings. The largest absolute Gasteiger partial charge is 0.492 e. The van der Waals surface area contributed by atoms with Crippen molar-refractivity contribution in [3.63, 3.8) is 0 Å². The number of amides is 2. The third kappa shape index (κ3) is 5.62. The summed E-state index contributed by atoms with van der Waals surface area (Å²) in [6, 6.07) is 8.25. The lowest BCUT2D eigenvalue weighted by Gasteiger charge is -2.10. The van der Waals surface area contributed by atoms with E-state index in [1.807, 2.05) is 6.92 Å². The van der Waals surface area contributed by atoms with E-state index in [0.717, 1.165) is 12.0 Å². The molecular weight excluding hydrogens is 337 g/mol. The number of ether oxygens (including phenoxy) is 1. The molecule has 1 aromatic heterocycles. The molecule has 23 heavy (non-hydrogen) atoms. The number of anilines is 1. The molecular formula is C16H17Cl2N3O2. The van der Waals surface area contributed by atoms with E-state index < -0.39 is 0 Å². The number of urea groups is 1. The van der Waals surface area contributed by atoms with Crippen molar-refractivity contribution in [3.05, 3.63) is 52.3 Å². The molecule has 0 aliphatic rings. The first-order valence-corrected chi connectivity index (χ1v) is 7.91. The quantitative estimate of drug-likeness (QED) is 0.751. The van der Waals surface area contributed by atoms with Gasteiger partial charge in [-0.2, -0.15) is 0 Å². The Bertz CT molecular complexity index is 663. The van der Waals surface area contributed by atoms with Crippen LogP contribution in [0, 0.1) is 0 Å². The Morgan fingerprint density at radius 2 is 2.09 bits per heavy atom. The molecule has 0 unspecified atom stereocenters. The van der Waals surface area contributed by atoms with Gasteiger partial charge in [-0.1, -0.05) is 36.2 Å². The number of aromatic nitrogens is 1. The van der Waals surface area contributed by atoms with E-state index in [2.05, 4.69) is 15.6 Å². The Morgan fingerprint density at radius 3 is 2.74 bits per heavy atom. The fourth-order valence-electron chi connectivity index (χ4n) is 1.78. The van der Waals surface area contributed by atoms with E-state index in [-0.39, 0.29) is 6.03 Å². The number of carbonyl (C=O) groups excluding carboxylic acids is 1. The minimum atomic E-state index is -0.335. The highest BCUT2D eigenvalue weighted by atomic mass is 35.5. The second kappa shape index (κ2) is 8.60. The van der Waals surface area contributed by atoms with Gasteiger partial charge in [0.1, 0.15) is 10.9 Å². The molecule has 0 aliphatic heterocycles. The monoisotopic (exact) mass is 353 g/mol. The van der Waals surface area contributed by atoms with Crippen LogP contribution in [0.3, 0.4) is 0 Å². The lowest BCUT2D eigenvalue weighted by molar-refractivity contribution is 0.251. The van der Waals surface area contributed by atoms with Crippen LogP contribution in [-0.4, -0.2) is 17.6 Å². The Hall–Kier alpha value is -1.98. The SMILES string of the molecule is CCCOc1ccc(NC(=O)NCc2ccc(Cl)nc2)cc1Cl. The van der Waals surface area contributed by atoms with Crippen LogP contribution in [0.2, 0.25) is 10.2 Å². The zero-order valence-electron chi connectivity index (χ0n) is 12.6. The van der Waals surface area contributed by atoms with Crippen molar-refractivity contribution in [1.82, 2.24) is 10.3 Å². The van der Waals surface area contributed by atoms with Gasteiger partial charge in [-0.25, -0.2) is 9.78 Å². The summed E-state index contributed by atoms with van der Waals surface area (Å²) in [5.41, 5.74) is 1.44. The summed E-state index contributed by atoms with van der Waals surface area (Å²) < 4.78 is 5.48. The van der Waals surface area contributed by atoms with Crippen molar-refractivity contribution in [2.75, 3.05) is 11.9 Å². The number of rotatable bonds is 6. The minimum Gasteiger partial charge on any atom is -0.492 e. The number of carbonyl (C=O) groups is 1. The van der Waals surface area contributed by atoms with Crippen LogP contribution in [-0.2, 0) is 6.54 Å². The molecule has 2 aromatic rings. The lowest BCUT2D eigenvalue weighted by atomic mass is 10.3. The summed E-state index contributed by atoms with van der Waals surface area (Å²) in [6.45, 7) is 2.97. The summed E-state index contributed by atoms with van der Waals surface area (Å²) in [5.74, 6) is 0.603. The van der Waals surface area contributed by atoms with E-state index >= 15 is 0 Å².